The van der Waals surface area contributed by atoms with Gasteiger partial charge in [0.25, 0.3) is 5.91 Å². The van der Waals surface area contributed by atoms with Crippen LogP contribution in [0.2, 0.25) is 0 Å². The number of carbonyl (C=O) groups is 3. The van der Waals surface area contributed by atoms with Gasteiger partial charge in [0.05, 0.1) is 13.1 Å². The Balaban J connectivity index is 1.35. The van der Waals surface area contributed by atoms with Crippen LogP contribution in [0.5, 0.6) is 11.5 Å². The van der Waals surface area contributed by atoms with Crippen LogP contribution in [0.3, 0.4) is 0 Å². The number of urea groups is 1. The monoisotopic (exact) mass is 554 g/mol. The molecular formula is C29H38N4O7. The summed E-state index contributed by atoms with van der Waals surface area (Å²) < 4.78 is 16.7. The largest absolute Gasteiger partial charge is 0.492 e. The molecule has 2 saturated heterocycles. The molecule has 0 aromatic heterocycles. The molecule has 2 aromatic carbocycles. The number of amides is 4. The summed E-state index contributed by atoms with van der Waals surface area (Å²) in [6, 6.07) is 16.4. The lowest BCUT2D eigenvalue weighted by atomic mass is 10.0. The number of benzene rings is 2. The second-order valence-electron chi connectivity index (χ2n) is 10.8. The van der Waals surface area contributed by atoms with Gasteiger partial charge in [-0.25, -0.2) is 4.79 Å². The number of β-amino-alcohol motifs (C(OH)–C–C–N with tert-alkyl or cyclic N) is 1. The first-order chi connectivity index (χ1) is 19.1. The van der Waals surface area contributed by atoms with Crippen molar-refractivity contribution in [3.8, 4) is 11.5 Å². The summed E-state index contributed by atoms with van der Waals surface area (Å²) in [5.41, 5.74) is -1.18. The average Bonchev–Trinajstić information content (AvgIpc) is 3.03. The summed E-state index contributed by atoms with van der Waals surface area (Å²) in [5.74, 6) is 0.816. The van der Waals surface area contributed by atoms with E-state index in [0.717, 1.165) is 10.5 Å². The van der Waals surface area contributed by atoms with E-state index in [2.05, 4.69) is 10.2 Å². The molecule has 4 rings (SSSR count). The summed E-state index contributed by atoms with van der Waals surface area (Å²) in [6.07, 6.45) is 0. The fourth-order valence-corrected chi connectivity index (χ4v) is 4.86. The van der Waals surface area contributed by atoms with Crippen molar-refractivity contribution < 1.29 is 33.7 Å². The zero-order valence-electron chi connectivity index (χ0n) is 23.3. The Morgan fingerprint density at radius 1 is 0.975 bits per heavy atom. The molecule has 0 radical (unpaired) electrons. The second kappa shape index (κ2) is 12.7. The molecule has 2 heterocycles. The number of aliphatic hydroxyl groups is 1. The molecule has 2 aliphatic heterocycles. The molecule has 2 aromatic rings. The van der Waals surface area contributed by atoms with E-state index in [4.69, 9.17) is 14.2 Å². The van der Waals surface area contributed by atoms with E-state index in [1.807, 2.05) is 54.6 Å². The van der Waals surface area contributed by atoms with Crippen LogP contribution in [-0.2, 0) is 20.9 Å². The molecule has 2 fully saturated rings. The van der Waals surface area contributed by atoms with E-state index < -0.39 is 17.2 Å². The minimum Gasteiger partial charge on any atom is -0.492 e. The fraction of sp³-hybridized carbons (Fsp3) is 0.483. The van der Waals surface area contributed by atoms with Gasteiger partial charge < -0.3 is 29.5 Å². The number of ether oxygens (including phenoxy) is 3. The Labute approximate surface area is 234 Å². The number of nitrogens with one attached hydrogen (secondary N) is 1. The molecule has 0 unspecified atom stereocenters. The molecule has 0 bridgehead atoms. The van der Waals surface area contributed by atoms with Crippen LogP contribution < -0.4 is 14.8 Å². The molecule has 1 atom stereocenters. The first kappa shape index (κ1) is 29.3. The molecule has 2 N–H and O–H groups in total. The Bertz CT molecular complexity index is 1170. The molecule has 40 heavy (non-hydrogen) atoms. The van der Waals surface area contributed by atoms with Gasteiger partial charge >= 0.3 is 6.03 Å². The summed E-state index contributed by atoms with van der Waals surface area (Å²) >= 11 is 0. The Morgan fingerprint density at radius 2 is 1.68 bits per heavy atom. The normalized spacial score (nSPS) is 21.2. The van der Waals surface area contributed by atoms with Crippen LogP contribution in [0.15, 0.2) is 54.6 Å². The molecule has 216 valence electrons. The predicted molar refractivity (Wildman–Crippen MR) is 147 cm³/mol. The number of rotatable bonds is 11. The van der Waals surface area contributed by atoms with Gasteiger partial charge in [0.1, 0.15) is 42.5 Å². The standard InChI is InChI=1S/C29H38N4O7/c1-28(2)26(35)33(27(36)30-28)15-16-39-24-11-9-22(10-12-24)17-31-13-14-32(25(34)18-38-3)20-29(37,19-31)21-40-23-7-5-4-6-8-23/h4-12,37H,13-21H2,1-3H3,(H,30,36)/t29-/m1/s1. The van der Waals surface area contributed by atoms with Crippen LogP contribution >= 0.6 is 0 Å². The minimum atomic E-state index is -1.29. The highest BCUT2D eigenvalue weighted by atomic mass is 16.5. The number of nitrogens with zero attached hydrogens (tertiary/aromatic N) is 3. The number of hydrogen-bond acceptors (Lipinski definition) is 8. The van der Waals surface area contributed by atoms with Crippen LogP contribution in [-0.4, -0.2) is 108 Å². The fourth-order valence-electron chi connectivity index (χ4n) is 4.86. The lowest BCUT2D eigenvalue weighted by Crippen LogP contribution is -2.52. The SMILES string of the molecule is COCC(=O)N1CCN(Cc2ccc(OCCN3C(=O)NC(C)(C)C3=O)cc2)C[C@](O)(COc2ccccc2)C1. The van der Waals surface area contributed by atoms with Crippen molar-refractivity contribution in [1.82, 2.24) is 20.0 Å². The zero-order valence-corrected chi connectivity index (χ0v) is 23.3. The molecule has 4 amide bonds. The van der Waals surface area contributed by atoms with E-state index in [1.54, 1.807) is 18.7 Å². The van der Waals surface area contributed by atoms with Gasteiger partial charge in [-0.05, 0) is 43.7 Å². The summed E-state index contributed by atoms with van der Waals surface area (Å²) in [7, 11) is 1.48. The van der Waals surface area contributed by atoms with Crippen molar-refractivity contribution in [2.24, 2.45) is 0 Å². The Kier molecular flexibility index (Phi) is 9.28. The summed E-state index contributed by atoms with van der Waals surface area (Å²) in [6.45, 7) is 5.70. The molecule has 0 spiro atoms. The van der Waals surface area contributed by atoms with E-state index in [1.165, 1.54) is 7.11 Å². The van der Waals surface area contributed by atoms with Crippen molar-refractivity contribution >= 4 is 17.8 Å². The number of carbonyl (C=O) groups excluding carboxylic acids is 3. The maximum Gasteiger partial charge on any atom is 0.325 e. The molecule has 0 aliphatic carbocycles. The zero-order chi connectivity index (χ0) is 28.8. The second-order valence-corrected chi connectivity index (χ2v) is 10.8. The first-order valence-electron chi connectivity index (χ1n) is 13.3. The van der Waals surface area contributed by atoms with Crippen molar-refractivity contribution in [2.75, 3.05) is 59.7 Å². The smallest absolute Gasteiger partial charge is 0.325 e. The number of methoxy groups -OCH3 is 1. The van der Waals surface area contributed by atoms with Crippen LogP contribution in [0.1, 0.15) is 19.4 Å². The van der Waals surface area contributed by atoms with Gasteiger partial charge in [0.15, 0.2) is 0 Å². The van der Waals surface area contributed by atoms with Crippen molar-refractivity contribution in [2.45, 2.75) is 31.5 Å². The van der Waals surface area contributed by atoms with E-state index in [9.17, 15) is 19.5 Å². The van der Waals surface area contributed by atoms with Crippen molar-refractivity contribution in [1.29, 1.82) is 0 Å². The number of imide groups is 1. The van der Waals surface area contributed by atoms with Crippen molar-refractivity contribution in [3.05, 3.63) is 60.2 Å². The highest BCUT2D eigenvalue weighted by Crippen LogP contribution is 2.21. The van der Waals surface area contributed by atoms with Crippen LogP contribution in [0.25, 0.3) is 0 Å². The van der Waals surface area contributed by atoms with Crippen LogP contribution in [0.4, 0.5) is 4.79 Å². The van der Waals surface area contributed by atoms with E-state index >= 15 is 0 Å². The van der Waals surface area contributed by atoms with Gasteiger partial charge in [0.2, 0.25) is 5.91 Å². The highest BCUT2D eigenvalue weighted by Gasteiger charge is 2.44. The third kappa shape index (κ3) is 7.50. The molecule has 2 aliphatic rings. The number of hydrogen-bond donors (Lipinski definition) is 2. The van der Waals surface area contributed by atoms with E-state index in [-0.39, 0.29) is 44.7 Å². The summed E-state index contributed by atoms with van der Waals surface area (Å²) in [5, 5.41) is 14.2. The first-order valence-corrected chi connectivity index (χ1v) is 13.3. The lowest BCUT2D eigenvalue weighted by Gasteiger charge is -2.33. The van der Waals surface area contributed by atoms with Gasteiger partial charge in [0, 0.05) is 33.3 Å². The maximum atomic E-state index is 12.6. The third-order valence-corrected chi connectivity index (χ3v) is 6.92. The van der Waals surface area contributed by atoms with Crippen LogP contribution in [0, 0.1) is 0 Å². The number of para-hydroxylation sites is 1. The van der Waals surface area contributed by atoms with Crippen molar-refractivity contribution in [3.63, 3.8) is 0 Å². The van der Waals surface area contributed by atoms with Gasteiger partial charge in [-0.3, -0.25) is 19.4 Å². The van der Waals surface area contributed by atoms with E-state index in [0.29, 0.717) is 37.7 Å². The molecule has 0 saturated carbocycles. The molecule has 11 nitrogen and oxygen atoms in total. The molecule has 11 heteroatoms. The third-order valence-electron chi connectivity index (χ3n) is 6.92. The van der Waals surface area contributed by atoms with Gasteiger partial charge in [-0.2, -0.15) is 0 Å². The Morgan fingerprint density at radius 3 is 2.33 bits per heavy atom. The highest BCUT2D eigenvalue weighted by molar-refractivity contribution is 6.06. The maximum absolute atomic E-state index is 12.6. The van der Waals surface area contributed by atoms with Gasteiger partial charge in [-0.15, -0.1) is 0 Å². The Hall–Kier alpha value is -3.67. The quantitative estimate of drug-likeness (QED) is 0.401. The lowest BCUT2D eigenvalue weighted by molar-refractivity contribution is -0.138. The minimum absolute atomic E-state index is 0.0335. The predicted octanol–water partition coefficient (Wildman–Crippen LogP) is 1.50. The topological polar surface area (TPSA) is 121 Å². The van der Waals surface area contributed by atoms with Gasteiger partial charge in [-0.1, -0.05) is 30.3 Å². The average molecular weight is 555 g/mol. The summed E-state index contributed by atoms with van der Waals surface area (Å²) in [4.78, 5) is 41.9. The molecular weight excluding hydrogens is 516 g/mol.